The zero-order chi connectivity index (χ0) is 10.7. The highest BCUT2D eigenvalue weighted by Gasteiger charge is 2.17. The van der Waals surface area contributed by atoms with Crippen LogP contribution in [0.3, 0.4) is 0 Å². The maximum absolute atomic E-state index is 13.2. The minimum atomic E-state index is -1.04. The van der Waals surface area contributed by atoms with Crippen LogP contribution in [0, 0.1) is 11.6 Å². The summed E-state index contributed by atoms with van der Waals surface area (Å²) in [4.78, 5) is 0. The van der Waals surface area contributed by atoms with Crippen LogP contribution in [0.2, 0.25) is 0 Å². The molecule has 0 atom stereocenters. The highest BCUT2D eigenvalue weighted by Crippen LogP contribution is 2.31. The van der Waals surface area contributed by atoms with E-state index in [-0.39, 0.29) is 24.3 Å². The second-order valence-corrected chi connectivity index (χ2v) is 3.51. The van der Waals surface area contributed by atoms with E-state index < -0.39 is 11.6 Å². The molecule has 1 N–H and O–H groups in total. The van der Waals surface area contributed by atoms with Gasteiger partial charge in [0.1, 0.15) is 0 Å². The molecule has 0 spiro atoms. The van der Waals surface area contributed by atoms with E-state index in [0.717, 1.165) is 0 Å². The Kier molecular flexibility index (Phi) is 3.83. The van der Waals surface area contributed by atoms with E-state index in [2.05, 4.69) is 20.7 Å². The van der Waals surface area contributed by atoms with E-state index in [4.69, 9.17) is 5.11 Å². The predicted molar refractivity (Wildman–Crippen MR) is 51.4 cm³/mol. The minimum absolute atomic E-state index is 0.0747. The maximum Gasteiger partial charge on any atom is 0.202 e. The third-order valence-corrected chi connectivity index (χ3v) is 2.37. The Morgan fingerprint density at radius 3 is 2.57 bits per heavy atom. The van der Waals surface area contributed by atoms with Crippen LogP contribution in [0.5, 0.6) is 5.75 Å². The number of aliphatic hydroxyl groups is 1. The molecule has 1 aromatic carbocycles. The number of hydrogen-bond acceptors (Lipinski definition) is 2. The molecule has 14 heavy (non-hydrogen) atoms. The van der Waals surface area contributed by atoms with Gasteiger partial charge in [-0.3, -0.25) is 0 Å². The van der Waals surface area contributed by atoms with Crippen molar-refractivity contribution in [3.05, 3.63) is 27.7 Å². The van der Waals surface area contributed by atoms with Crippen molar-refractivity contribution in [1.82, 2.24) is 0 Å². The fraction of sp³-hybridized carbons (Fsp3) is 0.333. The molecule has 0 saturated heterocycles. The van der Waals surface area contributed by atoms with Crippen LogP contribution >= 0.6 is 15.9 Å². The highest BCUT2D eigenvalue weighted by atomic mass is 79.9. The number of aliphatic hydroxyl groups excluding tert-OH is 1. The molecule has 0 unspecified atom stereocenters. The van der Waals surface area contributed by atoms with Gasteiger partial charge in [0.25, 0.3) is 0 Å². The lowest BCUT2D eigenvalue weighted by molar-refractivity contribution is 0.296. The molecule has 1 rings (SSSR count). The Labute approximate surface area is 88.6 Å². The zero-order valence-electron chi connectivity index (χ0n) is 7.48. The van der Waals surface area contributed by atoms with Gasteiger partial charge in [0.05, 0.1) is 11.6 Å². The number of halogens is 3. The number of benzene rings is 1. The minimum Gasteiger partial charge on any atom is -0.492 e. The normalized spacial score (nSPS) is 10.4. The van der Waals surface area contributed by atoms with Gasteiger partial charge in [-0.1, -0.05) is 0 Å². The molecule has 2 nitrogen and oxygen atoms in total. The van der Waals surface area contributed by atoms with Gasteiger partial charge < -0.3 is 9.84 Å². The van der Waals surface area contributed by atoms with E-state index in [1.165, 1.54) is 13.2 Å². The van der Waals surface area contributed by atoms with Gasteiger partial charge in [-0.2, -0.15) is 4.39 Å². The molecule has 0 aliphatic carbocycles. The average molecular weight is 267 g/mol. The zero-order valence-corrected chi connectivity index (χ0v) is 9.07. The van der Waals surface area contributed by atoms with Gasteiger partial charge in [0.2, 0.25) is 5.82 Å². The molecule has 0 radical (unpaired) electrons. The fourth-order valence-electron chi connectivity index (χ4n) is 1.12. The molecule has 0 heterocycles. The van der Waals surface area contributed by atoms with Gasteiger partial charge >= 0.3 is 0 Å². The molecule has 0 aliphatic heterocycles. The van der Waals surface area contributed by atoms with Gasteiger partial charge in [-0.25, -0.2) is 4.39 Å². The summed E-state index contributed by atoms with van der Waals surface area (Å²) in [7, 11) is 1.26. The Morgan fingerprint density at radius 2 is 2.07 bits per heavy atom. The molecular formula is C9H9BrF2O2. The molecule has 0 aromatic heterocycles. The molecule has 0 bridgehead atoms. The molecule has 0 aliphatic rings. The first-order valence-corrected chi connectivity index (χ1v) is 4.72. The maximum atomic E-state index is 13.2. The van der Waals surface area contributed by atoms with Gasteiger partial charge in [0, 0.05) is 6.61 Å². The standard InChI is InChI=1S/C9H9BrF2O2/c1-14-9-6(10)4-5(2-3-13)7(11)8(9)12/h4,13H,2-3H2,1H3. The molecule has 5 heteroatoms. The van der Waals surface area contributed by atoms with E-state index in [1.807, 2.05) is 0 Å². The third kappa shape index (κ3) is 2.04. The van der Waals surface area contributed by atoms with Crippen molar-refractivity contribution >= 4 is 15.9 Å². The summed E-state index contributed by atoms with van der Waals surface area (Å²) in [6, 6.07) is 1.40. The Hall–Kier alpha value is -0.680. The van der Waals surface area contributed by atoms with E-state index >= 15 is 0 Å². The van der Waals surface area contributed by atoms with Crippen molar-refractivity contribution < 1.29 is 18.6 Å². The molecule has 78 valence electrons. The molecule has 1 aromatic rings. The highest BCUT2D eigenvalue weighted by molar-refractivity contribution is 9.10. The number of methoxy groups -OCH3 is 1. The summed E-state index contributed by atoms with van der Waals surface area (Å²) < 4.78 is 31.5. The summed E-state index contributed by atoms with van der Waals surface area (Å²) in [5.41, 5.74) is 0.123. The Bertz CT molecular complexity index is 342. The lowest BCUT2D eigenvalue weighted by Crippen LogP contribution is -2.01. The van der Waals surface area contributed by atoms with Crippen LogP contribution in [0.15, 0.2) is 10.5 Å². The van der Waals surface area contributed by atoms with Crippen molar-refractivity contribution in [2.75, 3.05) is 13.7 Å². The largest absolute Gasteiger partial charge is 0.492 e. The fourth-order valence-corrected chi connectivity index (χ4v) is 1.73. The van der Waals surface area contributed by atoms with Crippen molar-refractivity contribution in [3.63, 3.8) is 0 Å². The van der Waals surface area contributed by atoms with Crippen molar-refractivity contribution in [3.8, 4) is 5.75 Å². The van der Waals surface area contributed by atoms with Crippen LogP contribution in [-0.2, 0) is 6.42 Å². The van der Waals surface area contributed by atoms with Crippen LogP contribution in [-0.4, -0.2) is 18.8 Å². The second kappa shape index (κ2) is 4.70. The topological polar surface area (TPSA) is 29.5 Å². The first-order valence-electron chi connectivity index (χ1n) is 3.93. The smallest absolute Gasteiger partial charge is 0.202 e. The third-order valence-electron chi connectivity index (χ3n) is 1.78. The molecule has 0 saturated carbocycles. The first kappa shape index (κ1) is 11.4. The first-order chi connectivity index (χ1) is 6.61. The van der Waals surface area contributed by atoms with Crippen molar-refractivity contribution in [2.24, 2.45) is 0 Å². The predicted octanol–water partition coefficient (Wildman–Crippen LogP) is 2.27. The second-order valence-electron chi connectivity index (χ2n) is 2.65. The SMILES string of the molecule is COc1c(Br)cc(CCO)c(F)c1F. The molecule has 0 fully saturated rings. The number of hydrogen-bond donors (Lipinski definition) is 1. The van der Waals surface area contributed by atoms with E-state index in [1.54, 1.807) is 0 Å². The van der Waals surface area contributed by atoms with Gasteiger partial charge in [-0.05, 0) is 34.0 Å². The van der Waals surface area contributed by atoms with E-state index in [9.17, 15) is 8.78 Å². The summed E-state index contributed by atoms with van der Waals surface area (Å²) in [5, 5.41) is 8.62. The van der Waals surface area contributed by atoms with Crippen LogP contribution < -0.4 is 4.74 Å². The van der Waals surface area contributed by atoms with E-state index in [0.29, 0.717) is 4.47 Å². The van der Waals surface area contributed by atoms with Gasteiger partial charge in [0.15, 0.2) is 11.6 Å². The Balaban J connectivity index is 3.25. The number of rotatable bonds is 3. The van der Waals surface area contributed by atoms with Crippen molar-refractivity contribution in [1.29, 1.82) is 0 Å². The van der Waals surface area contributed by atoms with Crippen LogP contribution in [0.25, 0.3) is 0 Å². The summed E-state index contributed by atoms with van der Waals surface area (Å²) in [5.74, 6) is -2.17. The monoisotopic (exact) mass is 266 g/mol. The summed E-state index contributed by atoms with van der Waals surface area (Å²) in [6.07, 6.45) is 0.0747. The van der Waals surface area contributed by atoms with Gasteiger partial charge in [-0.15, -0.1) is 0 Å². The Morgan fingerprint density at radius 1 is 1.43 bits per heavy atom. The van der Waals surface area contributed by atoms with Crippen LogP contribution in [0.1, 0.15) is 5.56 Å². The average Bonchev–Trinajstić information content (AvgIpc) is 2.15. The van der Waals surface area contributed by atoms with Crippen LogP contribution in [0.4, 0.5) is 8.78 Å². The number of ether oxygens (including phenoxy) is 1. The molecular weight excluding hydrogens is 258 g/mol. The lowest BCUT2D eigenvalue weighted by atomic mass is 10.1. The van der Waals surface area contributed by atoms with Crippen molar-refractivity contribution in [2.45, 2.75) is 6.42 Å². The summed E-state index contributed by atoms with van der Waals surface area (Å²) in [6.45, 7) is -0.227. The summed E-state index contributed by atoms with van der Waals surface area (Å²) >= 11 is 3.05. The lowest BCUT2D eigenvalue weighted by Gasteiger charge is -2.08. The molecule has 0 amide bonds. The quantitative estimate of drug-likeness (QED) is 0.851.